The summed E-state index contributed by atoms with van der Waals surface area (Å²) in [5, 5.41) is 0. The van der Waals surface area contributed by atoms with E-state index in [0.717, 1.165) is 6.42 Å². The molecule has 1 aromatic carbocycles. The molecule has 1 aromatic rings. The van der Waals surface area contributed by atoms with Crippen molar-refractivity contribution < 1.29 is 9.18 Å². The predicted molar refractivity (Wildman–Crippen MR) is 54.3 cm³/mol. The van der Waals surface area contributed by atoms with E-state index in [4.69, 9.17) is 5.84 Å². The molecular weight excluding hydrogens is 195 g/mol. The number of hydrogen-bond acceptors (Lipinski definition) is 2. The molecule has 0 radical (unpaired) electrons. The van der Waals surface area contributed by atoms with Crippen LogP contribution in [0.5, 0.6) is 0 Å². The van der Waals surface area contributed by atoms with Crippen LogP contribution in [-0.4, -0.2) is 5.91 Å². The van der Waals surface area contributed by atoms with Crippen LogP contribution in [0.15, 0.2) is 24.3 Å². The van der Waals surface area contributed by atoms with Gasteiger partial charge in [0.05, 0.1) is 5.41 Å². The molecule has 2 rings (SSSR count). The number of carbonyl (C=O) groups excluding carboxylic acids is 1. The summed E-state index contributed by atoms with van der Waals surface area (Å²) < 4.78 is 13.6. The molecule has 3 nitrogen and oxygen atoms in total. The van der Waals surface area contributed by atoms with E-state index >= 15 is 0 Å². The Bertz CT molecular complexity index is 388. The summed E-state index contributed by atoms with van der Waals surface area (Å²) >= 11 is 0. The lowest BCUT2D eigenvalue weighted by atomic mass is 9.63. The number of rotatable bonds is 2. The first-order valence-electron chi connectivity index (χ1n) is 4.97. The molecule has 1 aliphatic rings. The Labute approximate surface area is 87.4 Å². The summed E-state index contributed by atoms with van der Waals surface area (Å²) in [5.41, 5.74) is 1.85. The van der Waals surface area contributed by atoms with Crippen molar-refractivity contribution in [1.82, 2.24) is 5.43 Å². The predicted octanol–water partition coefficient (Wildman–Crippen LogP) is 1.24. The fourth-order valence-corrected chi connectivity index (χ4v) is 2.14. The number of nitrogens with two attached hydrogens (primary N) is 1. The van der Waals surface area contributed by atoms with E-state index < -0.39 is 5.41 Å². The highest BCUT2D eigenvalue weighted by Crippen LogP contribution is 2.44. The lowest BCUT2D eigenvalue weighted by Crippen LogP contribution is -2.51. The average molecular weight is 208 g/mol. The van der Waals surface area contributed by atoms with Crippen LogP contribution in [0.4, 0.5) is 4.39 Å². The zero-order chi connectivity index (χ0) is 10.9. The second-order valence-corrected chi connectivity index (χ2v) is 3.89. The van der Waals surface area contributed by atoms with Gasteiger partial charge in [0, 0.05) is 5.56 Å². The number of benzene rings is 1. The van der Waals surface area contributed by atoms with Gasteiger partial charge in [-0.3, -0.25) is 10.2 Å². The van der Waals surface area contributed by atoms with Crippen LogP contribution in [0.2, 0.25) is 0 Å². The summed E-state index contributed by atoms with van der Waals surface area (Å²) in [5.74, 6) is 4.51. The summed E-state index contributed by atoms with van der Waals surface area (Å²) in [6.45, 7) is 0. The lowest BCUT2D eigenvalue weighted by Gasteiger charge is -2.40. The second kappa shape index (κ2) is 3.62. The maximum absolute atomic E-state index is 13.6. The minimum Gasteiger partial charge on any atom is -0.293 e. The van der Waals surface area contributed by atoms with Crippen LogP contribution in [0, 0.1) is 5.82 Å². The summed E-state index contributed by atoms with van der Waals surface area (Å²) in [4.78, 5) is 11.7. The minimum absolute atomic E-state index is 0.293. The third kappa shape index (κ3) is 1.41. The molecule has 0 atom stereocenters. The molecule has 3 N–H and O–H groups in total. The highest BCUT2D eigenvalue weighted by molar-refractivity contribution is 5.88. The van der Waals surface area contributed by atoms with Crippen molar-refractivity contribution in [3.63, 3.8) is 0 Å². The van der Waals surface area contributed by atoms with Crippen molar-refractivity contribution in [2.45, 2.75) is 24.7 Å². The van der Waals surface area contributed by atoms with E-state index in [1.807, 2.05) is 0 Å². The summed E-state index contributed by atoms with van der Waals surface area (Å²) in [7, 11) is 0. The molecule has 0 unspecified atom stereocenters. The van der Waals surface area contributed by atoms with E-state index in [1.54, 1.807) is 18.2 Å². The molecule has 0 spiro atoms. The largest absolute Gasteiger partial charge is 0.293 e. The van der Waals surface area contributed by atoms with Gasteiger partial charge in [-0.05, 0) is 18.9 Å². The molecule has 80 valence electrons. The number of hydrazine groups is 1. The molecule has 4 heteroatoms. The highest BCUT2D eigenvalue weighted by Gasteiger charge is 2.46. The van der Waals surface area contributed by atoms with Gasteiger partial charge in [0.25, 0.3) is 0 Å². The molecule has 1 aliphatic carbocycles. The van der Waals surface area contributed by atoms with E-state index in [1.165, 1.54) is 6.07 Å². The summed E-state index contributed by atoms with van der Waals surface area (Å²) in [6.07, 6.45) is 2.26. The number of halogens is 1. The Hall–Kier alpha value is -1.42. The van der Waals surface area contributed by atoms with Gasteiger partial charge in [0.1, 0.15) is 5.82 Å². The van der Waals surface area contributed by atoms with Crippen molar-refractivity contribution in [2.75, 3.05) is 0 Å². The number of hydrogen-bond donors (Lipinski definition) is 2. The smallest absolute Gasteiger partial charge is 0.244 e. The van der Waals surface area contributed by atoms with Gasteiger partial charge in [-0.15, -0.1) is 0 Å². The van der Waals surface area contributed by atoms with Crippen molar-refractivity contribution in [2.24, 2.45) is 5.84 Å². The highest BCUT2D eigenvalue weighted by atomic mass is 19.1. The molecule has 1 amide bonds. The maximum Gasteiger partial charge on any atom is 0.244 e. The Balaban J connectivity index is 2.43. The van der Waals surface area contributed by atoms with Gasteiger partial charge in [-0.1, -0.05) is 24.6 Å². The Morgan fingerprint density at radius 3 is 2.53 bits per heavy atom. The van der Waals surface area contributed by atoms with Crippen molar-refractivity contribution in [3.8, 4) is 0 Å². The van der Waals surface area contributed by atoms with Crippen LogP contribution in [0.25, 0.3) is 0 Å². The Morgan fingerprint density at radius 1 is 1.40 bits per heavy atom. The fourth-order valence-electron chi connectivity index (χ4n) is 2.14. The zero-order valence-electron chi connectivity index (χ0n) is 8.29. The number of carbonyl (C=O) groups is 1. The first-order chi connectivity index (χ1) is 7.20. The molecule has 15 heavy (non-hydrogen) atoms. The van der Waals surface area contributed by atoms with E-state index in [-0.39, 0.29) is 11.7 Å². The molecule has 0 aromatic heterocycles. The van der Waals surface area contributed by atoms with Crippen molar-refractivity contribution in [1.29, 1.82) is 0 Å². The topological polar surface area (TPSA) is 55.1 Å². The SMILES string of the molecule is NNC(=O)C1(c2ccccc2F)CCC1. The van der Waals surface area contributed by atoms with Crippen molar-refractivity contribution >= 4 is 5.91 Å². The van der Waals surface area contributed by atoms with E-state index in [9.17, 15) is 9.18 Å². The van der Waals surface area contributed by atoms with Gasteiger partial charge in [-0.25, -0.2) is 10.2 Å². The Morgan fingerprint density at radius 2 is 2.07 bits per heavy atom. The van der Waals surface area contributed by atoms with Crippen molar-refractivity contribution in [3.05, 3.63) is 35.6 Å². The third-order valence-corrected chi connectivity index (χ3v) is 3.16. The molecule has 1 saturated carbocycles. The number of amides is 1. The molecular formula is C11H13FN2O. The van der Waals surface area contributed by atoms with Crippen LogP contribution in [-0.2, 0) is 10.2 Å². The van der Waals surface area contributed by atoms with Gasteiger partial charge in [-0.2, -0.15) is 0 Å². The number of nitrogens with one attached hydrogen (secondary N) is 1. The average Bonchev–Trinajstić information content (AvgIpc) is 2.19. The van der Waals surface area contributed by atoms with Gasteiger partial charge in [0.2, 0.25) is 5.91 Å². The molecule has 0 saturated heterocycles. The van der Waals surface area contributed by atoms with Gasteiger partial charge in [0.15, 0.2) is 0 Å². The quantitative estimate of drug-likeness (QED) is 0.436. The van der Waals surface area contributed by atoms with E-state index in [0.29, 0.717) is 18.4 Å². The minimum atomic E-state index is -0.736. The van der Waals surface area contributed by atoms with Crippen LogP contribution < -0.4 is 11.3 Å². The third-order valence-electron chi connectivity index (χ3n) is 3.16. The van der Waals surface area contributed by atoms with Gasteiger partial charge < -0.3 is 0 Å². The molecule has 1 fully saturated rings. The Kier molecular flexibility index (Phi) is 2.44. The molecule has 0 bridgehead atoms. The van der Waals surface area contributed by atoms with Crippen LogP contribution >= 0.6 is 0 Å². The normalized spacial score (nSPS) is 18.0. The molecule has 0 aliphatic heterocycles. The standard InChI is InChI=1S/C11H13FN2O/c12-9-5-2-1-4-8(9)11(6-3-7-11)10(15)14-13/h1-2,4-5H,3,6-7,13H2,(H,14,15). The van der Waals surface area contributed by atoms with E-state index in [2.05, 4.69) is 5.43 Å². The second-order valence-electron chi connectivity index (χ2n) is 3.89. The van der Waals surface area contributed by atoms with Gasteiger partial charge >= 0.3 is 0 Å². The van der Waals surface area contributed by atoms with Crippen LogP contribution in [0.3, 0.4) is 0 Å². The van der Waals surface area contributed by atoms with Crippen LogP contribution in [0.1, 0.15) is 24.8 Å². The zero-order valence-corrected chi connectivity index (χ0v) is 8.29. The first-order valence-corrected chi connectivity index (χ1v) is 4.97. The molecule has 0 heterocycles. The maximum atomic E-state index is 13.6. The summed E-state index contributed by atoms with van der Waals surface area (Å²) in [6, 6.07) is 6.39. The lowest BCUT2D eigenvalue weighted by molar-refractivity contribution is -0.130. The monoisotopic (exact) mass is 208 g/mol. The fraction of sp³-hybridized carbons (Fsp3) is 0.364. The first kappa shape index (κ1) is 10.1.